The van der Waals surface area contributed by atoms with E-state index in [4.69, 9.17) is 18.0 Å². The number of aryl methyl sites for hydroxylation is 1. The Hall–Kier alpha value is -1.42. The van der Waals surface area contributed by atoms with E-state index in [9.17, 15) is 4.79 Å². The second-order valence-electron chi connectivity index (χ2n) is 5.04. The largest absolute Gasteiger partial charge is 0.392 e. The highest BCUT2D eigenvalue weighted by atomic mass is 32.1. The molecule has 0 aliphatic carbocycles. The molecule has 4 heteroatoms. The molecule has 0 saturated heterocycles. The zero-order valence-electron chi connectivity index (χ0n) is 12.8. The van der Waals surface area contributed by atoms with Gasteiger partial charge in [-0.15, -0.1) is 0 Å². The maximum absolute atomic E-state index is 12.9. The lowest BCUT2D eigenvalue weighted by Gasteiger charge is -2.35. The van der Waals surface area contributed by atoms with E-state index in [1.165, 1.54) is 5.56 Å². The predicted octanol–water partition coefficient (Wildman–Crippen LogP) is 3.44. The number of nitrogens with zero attached hydrogens (tertiary/aromatic N) is 1. The fraction of sp³-hybridized carbons (Fsp3) is 0.500. The molecule has 20 heavy (non-hydrogen) atoms. The molecule has 0 aromatic heterocycles. The van der Waals surface area contributed by atoms with Gasteiger partial charge in [0, 0.05) is 12.2 Å². The molecule has 0 heterocycles. The molecular formula is C16H24N2OS. The number of benzene rings is 1. The van der Waals surface area contributed by atoms with E-state index < -0.39 is 5.41 Å². The highest BCUT2D eigenvalue weighted by Gasteiger charge is 2.41. The third-order valence-corrected chi connectivity index (χ3v) is 4.39. The molecule has 0 radical (unpaired) electrons. The van der Waals surface area contributed by atoms with E-state index in [0.717, 1.165) is 5.69 Å². The van der Waals surface area contributed by atoms with Crippen molar-refractivity contribution in [3.63, 3.8) is 0 Å². The molecule has 1 amide bonds. The monoisotopic (exact) mass is 292 g/mol. The predicted molar refractivity (Wildman–Crippen MR) is 89.0 cm³/mol. The van der Waals surface area contributed by atoms with Crippen molar-refractivity contribution < 1.29 is 4.79 Å². The molecule has 110 valence electrons. The van der Waals surface area contributed by atoms with Crippen LogP contribution in [0.3, 0.4) is 0 Å². The first-order valence-corrected chi connectivity index (χ1v) is 7.52. The van der Waals surface area contributed by atoms with Crippen molar-refractivity contribution in [1.82, 2.24) is 0 Å². The summed E-state index contributed by atoms with van der Waals surface area (Å²) in [5, 5.41) is 0. The van der Waals surface area contributed by atoms with Gasteiger partial charge in [-0.2, -0.15) is 0 Å². The molecule has 1 aromatic carbocycles. The number of hydrogen-bond acceptors (Lipinski definition) is 2. The number of carbonyl (C=O) groups is 1. The number of hydrogen-bond donors (Lipinski definition) is 1. The van der Waals surface area contributed by atoms with Crippen LogP contribution in [0.15, 0.2) is 24.3 Å². The molecule has 3 nitrogen and oxygen atoms in total. The third-order valence-electron chi connectivity index (χ3n) is 4.00. The maximum Gasteiger partial charge on any atom is 0.239 e. The number of nitrogens with two attached hydrogens (primary N) is 1. The van der Waals surface area contributed by atoms with E-state index in [2.05, 4.69) is 0 Å². The molecule has 0 saturated carbocycles. The minimum atomic E-state index is -0.740. The molecule has 1 rings (SSSR count). The Balaban J connectivity index is 3.20. The average molecular weight is 292 g/mol. The molecule has 0 spiro atoms. The Morgan fingerprint density at radius 1 is 1.20 bits per heavy atom. The second-order valence-corrected chi connectivity index (χ2v) is 5.48. The zero-order chi connectivity index (χ0) is 15.3. The van der Waals surface area contributed by atoms with Crippen LogP contribution in [-0.2, 0) is 4.79 Å². The summed E-state index contributed by atoms with van der Waals surface area (Å²) in [5.41, 5.74) is 7.20. The van der Waals surface area contributed by atoms with Gasteiger partial charge in [0.05, 0.1) is 10.4 Å². The van der Waals surface area contributed by atoms with Gasteiger partial charge >= 0.3 is 0 Å². The van der Waals surface area contributed by atoms with Crippen LogP contribution in [0.5, 0.6) is 0 Å². The standard InChI is InChI=1S/C16H24N2OS/c1-5-16(6-2,14(17)20)15(19)18(7-3)13-10-8-12(4)9-11-13/h8-11H,5-7H2,1-4H3,(H2,17,20). The second kappa shape index (κ2) is 6.84. The summed E-state index contributed by atoms with van der Waals surface area (Å²) in [5.74, 6) is 0.00125. The zero-order valence-corrected chi connectivity index (χ0v) is 13.6. The van der Waals surface area contributed by atoms with Crippen LogP contribution in [0.4, 0.5) is 5.69 Å². The topological polar surface area (TPSA) is 46.3 Å². The van der Waals surface area contributed by atoms with Gasteiger partial charge in [-0.1, -0.05) is 43.8 Å². The first-order chi connectivity index (χ1) is 9.42. The summed E-state index contributed by atoms with van der Waals surface area (Å²) in [4.78, 5) is 15.0. The fourth-order valence-corrected chi connectivity index (χ4v) is 2.81. The number of rotatable bonds is 6. The minimum absolute atomic E-state index is 0.00125. The van der Waals surface area contributed by atoms with Gasteiger partial charge in [0.1, 0.15) is 0 Å². The first kappa shape index (κ1) is 16.6. The molecule has 1 aromatic rings. The van der Waals surface area contributed by atoms with Crippen molar-refractivity contribution in [3.05, 3.63) is 29.8 Å². The van der Waals surface area contributed by atoms with Crippen LogP contribution in [0.1, 0.15) is 39.2 Å². The Morgan fingerprint density at radius 3 is 2.05 bits per heavy atom. The van der Waals surface area contributed by atoms with Gasteiger partial charge in [0.15, 0.2) is 0 Å². The van der Waals surface area contributed by atoms with Gasteiger partial charge in [0.2, 0.25) is 5.91 Å². The maximum atomic E-state index is 12.9. The summed E-state index contributed by atoms with van der Waals surface area (Å²) >= 11 is 5.17. The minimum Gasteiger partial charge on any atom is -0.392 e. The van der Waals surface area contributed by atoms with Crippen LogP contribution >= 0.6 is 12.2 Å². The first-order valence-electron chi connectivity index (χ1n) is 7.11. The summed E-state index contributed by atoms with van der Waals surface area (Å²) in [7, 11) is 0. The van der Waals surface area contributed by atoms with E-state index in [-0.39, 0.29) is 10.9 Å². The highest BCUT2D eigenvalue weighted by Crippen LogP contribution is 2.31. The Kier molecular flexibility index (Phi) is 5.69. The van der Waals surface area contributed by atoms with Gasteiger partial charge in [-0.3, -0.25) is 4.79 Å². The van der Waals surface area contributed by atoms with Crippen LogP contribution in [0.25, 0.3) is 0 Å². The lowest BCUT2D eigenvalue weighted by molar-refractivity contribution is -0.125. The van der Waals surface area contributed by atoms with E-state index in [1.807, 2.05) is 52.0 Å². The summed E-state index contributed by atoms with van der Waals surface area (Å²) in [6.07, 6.45) is 1.25. The quantitative estimate of drug-likeness (QED) is 0.817. The van der Waals surface area contributed by atoms with Crippen molar-refractivity contribution >= 4 is 28.8 Å². The smallest absolute Gasteiger partial charge is 0.239 e. The van der Waals surface area contributed by atoms with E-state index >= 15 is 0 Å². The van der Waals surface area contributed by atoms with Gasteiger partial charge < -0.3 is 10.6 Å². The molecule has 2 N–H and O–H groups in total. The van der Waals surface area contributed by atoms with Crippen LogP contribution in [0, 0.1) is 12.3 Å². The highest BCUT2D eigenvalue weighted by molar-refractivity contribution is 7.80. The Morgan fingerprint density at radius 2 is 1.70 bits per heavy atom. The molecule has 0 aliphatic rings. The van der Waals surface area contributed by atoms with Crippen molar-refractivity contribution in [1.29, 1.82) is 0 Å². The van der Waals surface area contributed by atoms with Crippen LogP contribution < -0.4 is 10.6 Å². The van der Waals surface area contributed by atoms with Gasteiger partial charge in [0.25, 0.3) is 0 Å². The van der Waals surface area contributed by atoms with E-state index in [0.29, 0.717) is 19.4 Å². The molecule has 0 atom stereocenters. The molecule has 0 bridgehead atoms. The third kappa shape index (κ3) is 3.01. The summed E-state index contributed by atoms with van der Waals surface area (Å²) in [6, 6.07) is 7.94. The molecule has 0 fully saturated rings. The molecule has 0 aliphatic heterocycles. The molecular weight excluding hydrogens is 268 g/mol. The van der Waals surface area contributed by atoms with Crippen molar-refractivity contribution in [2.75, 3.05) is 11.4 Å². The SMILES string of the molecule is CCN(C(=O)C(CC)(CC)C(N)=S)c1ccc(C)cc1. The number of anilines is 1. The van der Waals surface area contributed by atoms with Crippen molar-refractivity contribution in [2.24, 2.45) is 11.1 Å². The Labute approximate surface area is 127 Å². The normalized spacial score (nSPS) is 11.2. The lowest BCUT2D eigenvalue weighted by atomic mass is 9.80. The van der Waals surface area contributed by atoms with Crippen molar-refractivity contribution in [2.45, 2.75) is 40.5 Å². The Bertz CT molecular complexity index is 478. The van der Waals surface area contributed by atoms with Crippen molar-refractivity contribution in [3.8, 4) is 0 Å². The van der Waals surface area contributed by atoms with Gasteiger partial charge in [-0.25, -0.2) is 0 Å². The summed E-state index contributed by atoms with van der Waals surface area (Å²) < 4.78 is 0. The number of amides is 1. The lowest BCUT2D eigenvalue weighted by Crippen LogP contribution is -2.50. The fourth-order valence-electron chi connectivity index (χ4n) is 2.43. The molecule has 0 unspecified atom stereocenters. The number of thiocarbonyl (C=S) groups is 1. The van der Waals surface area contributed by atoms with E-state index in [1.54, 1.807) is 4.90 Å². The number of carbonyl (C=O) groups excluding carboxylic acids is 1. The van der Waals surface area contributed by atoms with Crippen LogP contribution in [0.2, 0.25) is 0 Å². The average Bonchev–Trinajstić information content (AvgIpc) is 2.43. The van der Waals surface area contributed by atoms with Crippen LogP contribution in [-0.4, -0.2) is 17.4 Å². The van der Waals surface area contributed by atoms with Gasteiger partial charge in [-0.05, 0) is 38.8 Å². The summed E-state index contributed by atoms with van der Waals surface area (Å²) in [6.45, 7) is 8.52.